The Morgan fingerprint density at radius 1 is 0.850 bits per heavy atom. The molecule has 13 atom stereocenters. The number of rotatable bonds is 18. The molecule has 2 heterocycles. The van der Waals surface area contributed by atoms with E-state index in [1.165, 1.54) is 58.9 Å². The van der Waals surface area contributed by atoms with E-state index in [2.05, 4.69) is 5.32 Å². The minimum atomic E-state index is -2.54. The van der Waals surface area contributed by atoms with Crippen LogP contribution in [0, 0.1) is 16.7 Å². The van der Waals surface area contributed by atoms with E-state index in [1.807, 2.05) is 0 Å². The van der Waals surface area contributed by atoms with Crippen molar-refractivity contribution in [1.82, 2.24) is 10.2 Å². The summed E-state index contributed by atoms with van der Waals surface area (Å²) in [5, 5.41) is 28.2. The van der Waals surface area contributed by atoms with Crippen LogP contribution in [0.3, 0.4) is 0 Å². The Kier molecular flexibility index (Phi) is 17.1. The fourth-order valence-corrected chi connectivity index (χ4v) is 13.2. The van der Waals surface area contributed by atoms with Crippen molar-refractivity contribution in [3.8, 4) is 0 Å². The predicted molar refractivity (Wildman–Crippen MR) is 282 cm³/mol. The molecule has 80 heavy (non-hydrogen) atoms. The average Bonchev–Trinajstić information content (AvgIpc) is 3.69. The zero-order chi connectivity index (χ0) is 58.2. The second-order valence-electron chi connectivity index (χ2n) is 21.7. The van der Waals surface area contributed by atoms with Crippen molar-refractivity contribution in [1.29, 1.82) is 0 Å². The van der Waals surface area contributed by atoms with Gasteiger partial charge in [0.1, 0.15) is 35.7 Å². The first-order valence-electron chi connectivity index (χ1n) is 26.2. The van der Waals surface area contributed by atoms with Crippen LogP contribution in [0.2, 0.25) is 0 Å². The summed E-state index contributed by atoms with van der Waals surface area (Å²) in [6, 6.07) is 21.1. The van der Waals surface area contributed by atoms with Gasteiger partial charge >= 0.3 is 29.8 Å². The first kappa shape index (κ1) is 59.0. The number of amides is 3. The summed E-state index contributed by atoms with van der Waals surface area (Å²) >= 11 is 1.03. The summed E-state index contributed by atoms with van der Waals surface area (Å²) in [6.45, 7) is 8.45. The Labute approximate surface area is 465 Å². The highest BCUT2D eigenvalue weighted by atomic mass is 32.2. The number of nitrogens with two attached hydrogens (primary N) is 1. The summed E-state index contributed by atoms with van der Waals surface area (Å²) in [4.78, 5) is 140. The maximum absolute atomic E-state index is 15.8. The molecule has 426 valence electrons. The maximum atomic E-state index is 15.8. The summed E-state index contributed by atoms with van der Waals surface area (Å²) < 4.78 is 36.9. The summed E-state index contributed by atoms with van der Waals surface area (Å²) in [5.41, 5.74) is -2.14. The zero-order valence-electron chi connectivity index (χ0n) is 45.2. The van der Waals surface area contributed by atoms with E-state index in [0.717, 1.165) is 30.5 Å². The van der Waals surface area contributed by atoms with E-state index in [4.69, 9.17) is 34.2 Å². The molecule has 4 fully saturated rings. The molecular formula is C58H65N3O18S. The molecule has 3 amide bonds. The Hall–Kier alpha value is -7.11. The standard InChI is InChI=1S/C58H65N3O18S/c1-30-38(76-54(72)47(45(34-17-11-8-12-18-34)60-51(69)35-19-13-9-14-20-35)77-43(67)23-24-61-42(66)25-39(52(61)70)80-28-37(59)31(2)62)27-58(73)50(78-53(71)36-21-15-10-16-22-36)48-56(7,40(65)26-41-57(48,29-74-41)79-33(4)64)49(68)46(75-32(3)63)44(30)55(58,5)6/h8-22,37-41,45-48,50,65,73H,23-29,59H2,1-7H3,(H,60,69)/t37-,38-,39?,40-,41+,45-,46+,47+,48?,50-,56+,57-,58+/m0/s1. The number of Topliss-reactive ketones (excluding diaryl/α,β-unsaturated/α-hetero) is 2. The van der Waals surface area contributed by atoms with Gasteiger partial charge in [0.15, 0.2) is 17.5 Å². The van der Waals surface area contributed by atoms with E-state index in [0.29, 0.717) is 0 Å². The summed E-state index contributed by atoms with van der Waals surface area (Å²) in [5.74, 6) is -10.0. The van der Waals surface area contributed by atoms with Gasteiger partial charge in [0.25, 0.3) is 5.91 Å². The van der Waals surface area contributed by atoms with Gasteiger partial charge in [0.2, 0.25) is 17.9 Å². The van der Waals surface area contributed by atoms with Crippen LogP contribution >= 0.6 is 11.8 Å². The van der Waals surface area contributed by atoms with Gasteiger partial charge in [-0.05, 0) is 61.7 Å². The number of nitrogens with zero attached hydrogens (tertiary/aromatic N) is 1. The van der Waals surface area contributed by atoms with Crippen LogP contribution in [0.25, 0.3) is 0 Å². The molecule has 5 N–H and O–H groups in total. The molecule has 3 aromatic carbocycles. The molecule has 2 bridgehead atoms. The van der Waals surface area contributed by atoms with Crippen LogP contribution in [-0.4, -0.2) is 152 Å². The number of hydrogen-bond donors (Lipinski definition) is 4. The van der Waals surface area contributed by atoms with Gasteiger partial charge in [0.05, 0.1) is 47.3 Å². The number of ether oxygens (including phenoxy) is 6. The van der Waals surface area contributed by atoms with Gasteiger partial charge in [-0.15, -0.1) is 11.8 Å². The van der Waals surface area contributed by atoms with Crippen LogP contribution < -0.4 is 11.1 Å². The van der Waals surface area contributed by atoms with Gasteiger partial charge in [-0.2, -0.15) is 0 Å². The van der Waals surface area contributed by atoms with Crippen molar-refractivity contribution in [3.63, 3.8) is 0 Å². The van der Waals surface area contributed by atoms with Crippen molar-refractivity contribution in [2.45, 2.75) is 139 Å². The van der Waals surface area contributed by atoms with Crippen LogP contribution in [-0.2, 0) is 66.8 Å². The summed E-state index contributed by atoms with van der Waals surface area (Å²) in [6.07, 6.45) is -12.2. The molecule has 2 aliphatic heterocycles. The molecule has 2 saturated heterocycles. The number of aliphatic hydroxyl groups excluding tert-OH is 1. The van der Waals surface area contributed by atoms with Gasteiger partial charge in [0, 0.05) is 56.4 Å². The van der Waals surface area contributed by atoms with Crippen molar-refractivity contribution < 1.29 is 86.6 Å². The van der Waals surface area contributed by atoms with Crippen LogP contribution in [0.15, 0.2) is 102 Å². The quantitative estimate of drug-likeness (QED) is 0.0613. The second-order valence-corrected chi connectivity index (χ2v) is 22.9. The smallest absolute Gasteiger partial charge is 0.350 e. The number of carbonyl (C=O) groups excluding carboxylic acids is 10. The fourth-order valence-electron chi connectivity index (χ4n) is 12.0. The van der Waals surface area contributed by atoms with Gasteiger partial charge in [-0.25, -0.2) is 9.59 Å². The predicted octanol–water partition coefficient (Wildman–Crippen LogP) is 3.45. The third-order valence-corrected chi connectivity index (χ3v) is 17.8. The molecule has 22 heteroatoms. The first-order chi connectivity index (χ1) is 37.8. The zero-order valence-corrected chi connectivity index (χ0v) is 46.1. The van der Waals surface area contributed by atoms with Crippen molar-refractivity contribution in [3.05, 3.63) is 119 Å². The van der Waals surface area contributed by atoms with E-state index < -0.39 is 155 Å². The minimum absolute atomic E-state index is 0.00699. The number of nitrogens with one attached hydrogen (secondary N) is 1. The van der Waals surface area contributed by atoms with E-state index in [-0.39, 0.29) is 58.8 Å². The lowest BCUT2D eigenvalue weighted by atomic mass is 9.44. The molecule has 0 spiro atoms. The lowest BCUT2D eigenvalue weighted by Crippen LogP contribution is -2.82. The number of carbonyl (C=O) groups is 10. The molecule has 5 aliphatic rings. The molecule has 2 unspecified atom stereocenters. The maximum Gasteiger partial charge on any atom is 0.350 e. The third kappa shape index (κ3) is 10.9. The highest BCUT2D eigenvalue weighted by Gasteiger charge is 2.78. The number of aliphatic hydroxyl groups is 2. The molecule has 3 aromatic rings. The Morgan fingerprint density at radius 3 is 2.04 bits per heavy atom. The lowest BCUT2D eigenvalue weighted by molar-refractivity contribution is -0.346. The number of ketones is 2. The largest absolute Gasteiger partial charge is 0.455 e. The van der Waals surface area contributed by atoms with Gasteiger partial charge in [-0.3, -0.25) is 43.3 Å². The molecule has 21 nitrogen and oxygen atoms in total. The van der Waals surface area contributed by atoms with Crippen LogP contribution in [0.4, 0.5) is 0 Å². The number of hydrogen-bond acceptors (Lipinski definition) is 20. The molecule has 2 saturated carbocycles. The van der Waals surface area contributed by atoms with Crippen molar-refractivity contribution >= 4 is 70.9 Å². The number of likely N-dealkylation sites (tertiary alicyclic amines) is 1. The monoisotopic (exact) mass is 1120 g/mol. The van der Waals surface area contributed by atoms with Crippen molar-refractivity contribution in [2.24, 2.45) is 22.5 Å². The van der Waals surface area contributed by atoms with E-state index in [9.17, 15) is 48.6 Å². The lowest BCUT2D eigenvalue weighted by Gasteiger charge is -2.67. The molecular weight excluding hydrogens is 1060 g/mol. The van der Waals surface area contributed by atoms with E-state index in [1.54, 1.807) is 66.7 Å². The van der Waals surface area contributed by atoms with E-state index >= 15 is 9.59 Å². The highest BCUT2D eigenvalue weighted by Crippen LogP contribution is 2.64. The number of thioether (sulfide) groups is 1. The Morgan fingerprint density at radius 2 is 1.46 bits per heavy atom. The van der Waals surface area contributed by atoms with Gasteiger partial charge in [-0.1, -0.05) is 80.6 Å². The molecule has 0 aromatic heterocycles. The second kappa shape index (κ2) is 23.2. The van der Waals surface area contributed by atoms with Gasteiger partial charge < -0.3 is 49.7 Å². The highest BCUT2D eigenvalue weighted by molar-refractivity contribution is 8.00. The Bertz CT molecular complexity index is 2990. The number of fused-ring (bicyclic) bond motifs is 5. The summed E-state index contributed by atoms with van der Waals surface area (Å²) in [7, 11) is 0. The SMILES string of the molecule is CC(=O)O[C@H]1C(=O)[C@@]2(C)C([C@H](OC(=O)c3ccccc3)[C@]3(O)C[C@H](OC(=O)[C@H](OC(=O)CCN4C(=O)CC(SC[C@H](N)C(C)=O)C4=O)[C@@H](NC(=O)c4ccccc4)c4ccccc4)C(C)=C1C3(C)C)[C@]1(OC(C)=O)CO[C@@H]1C[C@@H]2O. The molecule has 0 radical (unpaired) electrons. The molecule has 3 aliphatic carbocycles. The normalized spacial score (nSPS) is 29.6. The van der Waals surface area contributed by atoms with Crippen LogP contribution in [0.5, 0.6) is 0 Å². The number of esters is 5. The first-order valence-corrected chi connectivity index (χ1v) is 27.2. The fraction of sp³-hybridized carbons (Fsp3) is 0.483. The molecule has 8 rings (SSSR count). The minimum Gasteiger partial charge on any atom is -0.455 e. The van der Waals surface area contributed by atoms with Crippen LogP contribution in [0.1, 0.15) is 106 Å². The van der Waals surface area contributed by atoms with Crippen molar-refractivity contribution in [2.75, 3.05) is 18.9 Å². The number of imide groups is 1. The number of benzene rings is 3. The topological polar surface area (TPSA) is 308 Å². The Balaban J connectivity index is 1.23. The average molecular weight is 1120 g/mol. The third-order valence-electron chi connectivity index (χ3n) is 16.5.